The predicted octanol–water partition coefficient (Wildman–Crippen LogP) is 2.72. The molecule has 15 heavy (non-hydrogen) atoms. The van der Waals surface area contributed by atoms with E-state index in [9.17, 15) is 0 Å². The maximum Gasteiger partial charge on any atom is 0.165 e. The van der Waals surface area contributed by atoms with Gasteiger partial charge in [0.2, 0.25) is 0 Å². The number of aromatic nitrogens is 2. The fourth-order valence-corrected chi connectivity index (χ4v) is 1.56. The number of ether oxygens (including phenoxy) is 1. The van der Waals surface area contributed by atoms with Crippen molar-refractivity contribution in [3.63, 3.8) is 0 Å². The number of methoxy groups -OCH3 is 1. The first-order chi connectivity index (χ1) is 7.38. The van der Waals surface area contributed by atoms with Gasteiger partial charge in [-0.25, -0.2) is 4.98 Å². The smallest absolute Gasteiger partial charge is 0.165 e. The van der Waals surface area contributed by atoms with Gasteiger partial charge in [0.1, 0.15) is 11.3 Å². The normalized spacial score (nSPS) is 10.7. The highest BCUT2D eigenvalue weighted by atomic mass is 32.1. The molecule has 0 aliphatic heterocycles. The minimum Gasteiger partial charge on any atom is -0.497 e. The van der Waals surface area contributed by atoms with Gasteiger partial charge in [0.25, 0.3) is 0 Å². The van der Waals surface area contributed by atoms with E-state index in [1.165, 1.54) is 11.5 Å². The molecule has 0 bridgehead atoms. The van der Waals surface area contributed by atoms with E-state index >= 15 is 0 Å². The van der Waals surface area contributed by atoms with Crippen molar-refractivity contribution in [1.82, 2.24) is 9.36 Å². The minimum absolute atomic E-state index is 0.746. The first-order valence-electron chi connectivity index (χ1n) is 4.47. The van der Waals surface area contributed by atoms with E-state index in [1.807, 2.05) is 36.4 Å². The van der Waals surface area contributed by atoms with E-state index in [0.29, 0.717) is 0 Å². The second-order valence-corrected chi connectivity index (χ2v) is 3.50. The lowest BCUT2D eigenvalue weighted by Crippen LogP contribution is -1.81. The maximum absolute atomic E-state index is 5.07. The van der Waals surface area contributed by atoms with Crippen LogP contribution in [0.2, 0.25) is 0 Å². The molecular formula is C11H10N2OS. The number of rotatable bonds is 3. The summed E-state index contributed by atoms with van der Waals surface area (Å²) in [7, 11) is 1.66. The summed E-state index contributed by atoms with van der Waals surface area (Å²) in [6, 6.07) is 7.83. The zero-order chi connectivity index (χ0) is 10.5. The first kappa shape index (κ1) is 9.86. The van der Waals surface area contributed by atoms with E-state index in [4.69, 9.17) is 4.74 Å². The summed E-state index contributed by atoms with van der Waals surface area (Å²) in [5.41, 5.74) is 2.82. The van der Waals surface area contributed by atoms with Crippen LogP contribution in [0.15, 0.2) is 29.8 Å². The Morgan fingerprint density at radius 3 is 2.60 bits per heavy atom. The van der Waals surface area contributed by atoms with E-state index < -0.39 is 0 Å². The number of hydrogen-bond acceptors (Lipinski definition) is 4. The quantitative estimate of drug-likeness (QED) is 0.794. The highest BCUT2D eigenvalue weighted by molar-refractivity contribution is 7.03. The van der Waals surface area contributed by atoms with Crippen LogP contribution in [0.3, 0.4) is 0 Å². The molecule has 2 aromatic rings. The molecule has 0 fully saturated rings. The van der Waals surface area contributed by atoms with Crippen LogP contribution in [-0.4, -0.2) is 16.5 Å². The maximum atomic E-state index is 5.07. The van der Waals surface area contributed by atoms with Crippen molar-refractivity contribution < 1.29 is 4.74 Å². The van der Waals surface area contributed by atoms with Gasteiger partial charge < -0.3 is 4.74 Å². The van der Waals surface area contributed by atoms with Gasteiger partial charge in [-0.2, -0.15) is 4.37 Å². The fraction of sp³-hybridized carbons (Fsp3) is 0.0909. The van der Waals surface area contributed by atoms with Gasteiger partial charge in [-0.15, -0.1) is 0 Å². The second kappa shape index (κ2) is 4.70. The molecule has 3 nitrogen and oxygen atoms in total. The third kappa shape index (κ3) is 2.63. The summed E-state index contributed by atoms with van der Waals surface area (Å²) >= 11 is 1.35. The predicted molar refractivity (Wildman–Crippen MR) is 61.8 cm³/mol. The Balaban J connectivity index is 2.11. The van der Waals surface area contributed by atoms with E-state index in [2.05, 4.69) is 9.36 Å². The molecule has 1 aromatic carbocycles. The summed E-state index contributed by atoms with van der Waals surface area (Å²) in [6.45, 7) is 0. The van der Waals surface area contributed by atoms with Crippen molar-refractivity contribution in [2.24, 2.45) is 0 Å². The summed E-state index contributed by atoms with van der Waals surface area (Å²) in [5.74, 6) is 1.61. The van der Waals surface area contributed by atoms with Gasteiger partial charge >= 0.3 is 0 Å². The monoisotopic (exact) mass is 218 g/mol. The largest absolute Gasteiger partial charge is 0.497 e. The van der Waals surface area contributed by atoms with Crippen molar-refractivity contribution in [3.8, 4) is 5.75 Å². The van der Waals surface area contributed by atoms with Crippen LogP contribution in [0.1, 0.15) is 11.4 Å². The van der Waals surface area contributed by atoms with Gasteiger partial charge in [0.15, 0.2) is 5.82 Å². The molecule has 0 saturated carbocycles. The van der Waals surface area contributed by atoms with Gasteiger partial charge in [0.05, 0.1) is 7.11 Å². The molecular weight excluding hydrogens is 208 g/mol. The molecule has 1 heterocycles. The minimum atomic E-state index is 0.746. The lowest BCUT2D eigenvalue weighted by atomic mass is 10.2. The van der Waals surface area contributed by atoms with Crippen molar-refractivity contribution in [1.29, 1.82) is 0 Å². The van der Waals surface area contributed by atoms with Gasteiger partial charge in [-0.3, -0.25) is 0 Å². The first-order valence-corrected chi connectivity index (χ1v) is 5.30. The third-order valence-corrected chi connectivity index (χ3v) is 2.41. The van der Waals surface area contributed by atoms with Crippen molar-refractivity contribution in [2.45, 2.75) is 0 Å². The van der Waals surface area contributed by atoms with Crippen LogP contribution in [0.5, 0.6) is 5.75 Å². The molecule has 0 saturated heterocycles. The molecule has 76 valence electrons. The van der Waals surface area contributed by atoms with Crippen LogP contribution in [0.4, 0.5) is 0 Å². The topological polar surface area (TPSA) is 35.0 Å². The Bertz CT molecular complexity index is 434. The Morgan fingerprint density at radius 1 is 1.20 bits per heavy atom. The van der Waals surface area contributed by atoms with Crippen LogP contribution in [0, 0.1) is 0 Å². The molecule has 0 amide bonds. The van der Waals surface area contributed by atoms with Crippen LogP contribution >= 0.6 is 11.5 Å². The molecule has 0 atom stereocenters. The van der Waals surface area contributed by atoms with E-state index in [-0.39, 0.29) is 0 Å². The lowest BCUT2D eigenvalue weighted by molar-refractivity contribution is 0.415. The summed E-state index contributed by atoms with van der Waals surface area (Å²) in [5, 5.41) is 0. The average Bonchev–Trinajstić information content (AvgIpc) is 2.80. The zero-order valence-corrected chi connectivity index (χ0v) is 9.07. The lowest BCUT2D eigenvalue weighted by Gasteiger charge is -1.98. The highest BCUT2D eigenvalue weighted by Crippen LogP contribution is 2.13. The Morgan fingerprint density at radius 2 is 2.00 bits per heavy atom. The van der Waals surface area contributed by atoms with Crippen LogP contribution < -0.4 is 4.74 Å². The van der Waals surface area contributed by atoms with Gasteiger partial charge in [-0.05, 0) is 35.3 Å². The van der Waals surface area contributed by atoms with Crippen LogP contribution in [0.25, 0.3) is 12.2 Å². The van der Waals surface area contributed by atoms with E-state index in [1.54, 1.807) is 12.6 Å². The highest BCUT2D eigenvalue weighted by Gasteiger charge is 1.91. The molecule has 0 aliphatic rings. The molecule has 0 spiro atoms. The molecule has 0 N–H and O–H groups in total. The number of benzene rings is 1. The standard InChI is InChI=1S/C11H10N2OS/c1-14-10-5-2-9(3-6-10)4-7-11-12-8-15-13-11/h2-8H,1H3. The molecule has 2 rings (SSSR count). The molecule has 1 aromatic heterocycles. The Hall–Kier alpha value is -1.68. The second-order valence-electron chi connectivity index (χ2n) is 2.90. The summed E-state index contributed by atoms with van der Waals surface area (Å²) < 4.78 is 9.16. The molecule has 0 aliphatic carbocycles. The SMILES string of the molecule is COc1ccc(C=Cc2ncsn2)cc1. The molecule has 4 heteroatoms. The number of hydrogen-bond donors (Lipinski definition) is 0. The molecule has 0 unspecified atom stereocenters. The average molecular weight is 218 g/mol. The summed E-state index contributed by atoms with van der Waals surface area (Å²) in [6.07, 6.45) is 3.86. The Kier molecular flexibility index (Phi) is 3.09. The van der Waals surface area contributed by atoms with Crippen LogP contribution in [-0.2, 0) is 0 Å². The summed E-state index contributed by atoms with van der Waals surface area (Å²) in [4.78, 5) is 4.06. The third-order valence-electron chi connectivity index (χ3n) is 1.92. The van der Waals surface area contributed by atoms with Crippen molar-refractivity contribution in [3.05, 3.63) is 41.2 Å². The van der Waals surface area contributed by atoms with Crippen molar-refractivity contribution in [2.75, 3.05) is 7.11 Å². The van der Waals surface area contributed by atoms with Gasteiger partial charge in [0, 0.05) is 0 Å². The molecule has 0 radical (unpaired) electrons. The number of nitrogens with zero attached hydrogens (tertiary/aromatic N) is 2. The fourth-order valence-electron chi connectivity index (χ4n) is 1.14. The zero-order valence-electron chi connectivity index (χ0n) is 8.25. The Labute approximate surface area is 92.2 Å². The van der Waals surface area contributed by atoms with Crippen molar-refractivity contribution >= 4 is 23.7 Å². The van der Waals surface area contributed by atoms with Gasteiger partial charge in [-0.1, -0.05) is 18.2 Å². The van der Waals surface area contributed by atoms with E-state index in [0.717, 1.165) is 17.1 Å².